The minimum Gasteiger partial charge on any atom is -0.370 e. The first-order valence-electron chi connectivity index (χ1n) is 10.6. The van der Waals surface area contributed by atoms with Crippen LogP contribution in [-0.4, -0.2) is 18.4 Å². The monoisotopic (exact) mass is 433 g/mol. The number of anilines is 2. The van der Waals surface area contributed by atoms with Gasteiger partial charge in [0.1, 0.15) is 11.9 Å². The molecule has 0 aliphatic heterocycles. The van der Waals surface area contributed by atoms with Crippen molar-refractivity contribution < 1.29 is 14.0 Å². The summed E-state index contributed by atoms with van der Waals surface area (Å²) in [6.07, 6.45) is 0. The fourth-order valence-corrected chi connectivity index (χ4v) is 3.20. The fourth-order valence-electron chi connectivity index (χ4n) is 3.20. The third-order valence-electron chi connectivity index (χ3n) is 4.92. The van der Waals surface area contributed by atoms with E-state index in [1.807, 2.05) is 45.0 Å². The van der Waals surface area contributed by atoms with E-state index in [4.69, 9.17) is 0 Å². The average Bonchev–Trinajstić information content (AvgIpc) is 2.78. The maximum atomic E-state index is 13.4. The van der Waals surface area contributed by atoms with Crippen LogP contribution in [0.5, 0.6) is 0 Å². The first kappa shape index (κ1) is 23.0. The number of rotatable bonds is 8. The van der Waals surface area contributed by atoms with Gasteiger partial charge in [0.25, 0.3) is 11.8 Å². The number of halogens is 1. The van der Waals surface area contributed by atoms with Crippen LogP contribution in [0.2, 0.25) is 0 Å². The van der Waals surface area contributed by atoms with Gasteiger partial charge in [-0.1, -0.05) is 49.7 Å². The number of nitrogens with one attached hydrogen (secondary N) is 3. The molecule has 0 aliphatic carbocycles. The van der Waals surface area contributed by atoms with Gasteiger partial charge in [0.2, 0.25) is 0 Å². The minimum atomic E-state index is -0.872. The Morgan fingerprint density at radius 2 is 1.50 bits per heavy atom. The topological polar surface area (TPSA) is 70.2 Å². The Bertz CT molecular complexity index is 1060. The third kappa shape index (κ3) is 6.17. The number of carbonyl (C=O) groups excluding carboxylic acids is 2. The summed E-state index contributed by atoms with van der Waals surface area (Å²) in [7, 11) is 0. The first-order valence-corrected chi connectivity index (χ1v) is 10.6. The van der Waals surface area contributed by atoms with Crippen LogP contribution in [0.25, 0.3) is 0 Å². The molecule has 0 bridgehead atoms. The Hall–Kier alpha value is -3.67. The van der Waals surface area contributed by atoms with Crippen LogP contribution in [0.3, 0.4) is 0 Å². The van der Waals surface area contributed by atoms with Crippen molar-refractivity contribution in [3.8, 4) is 0 Å². The lowest BCUT2D eigenvalue weighted by Crippen LogP contribution is -2.32. The van der Waals surface area contributed by atoms with Crippen LogP contribution in [0.15, 0.2) is 72.8 Å². The molecular weight excluding hydrogens is 405 g/mol. The molecule has 0 heterocycles. The molecule has 5 nitrogen and oxygen atoms in total. The molecule has 0 radical (unpaired) electrons. The van der Waals surface area contributed by atoms with Gasteiger partial charge in [-0.15, -0.1) is 0 Å². The predicted molar refractivity (Wildman–Crippen MR) is 126 cm³/mol. The second kappa shape index (κ2) is 10.6. The molecule has 0 spiro atoms. The smallest absolute Gasteiger partial charge is 0.251 e. The minimum absolute atomic E-state index is 0.247. The molecular formula is C26H28FN3O2. The van der Waals surface area contributed by atoms with Gasteiger partial charge in [0, 0.05) is 23.5 Å². The molecule has 6 heteroatoms. The zero-order valence-electron chi connectivity index (χ0n) is 18.5. The number of hydrogen-bond donors (Lipinski definition) is 3. The molecule has 166 valence electrons. The van der Waals surface area contributed by atoms with E-state index in [9.17, 15) is 14.0 Å². The van der Waals surface area contributed by atoms with Crippen LogP contribution in [-0.2, 0) is 4.79 Å². The standard InChI is InChI=1S/C26H28FN3O2/c1-17(2)16-28-25(31)23-7-5-4-6-22(23)24(29-20-14-10-19(27)11-15-20)26(32)30-21-12-8-18(3)9-13-21/h4-15,17,24,29H,16H2,1-3H3,(H,28,31)(H,30,32). The normalized spacial score (nSPS) is 11.7. The van der Waals surface area contributed by atoms with E-state index in [0.29, 0.717) is 35.0 Å². The lowest BCUT2D eigenvalue weighted by molar-refractivity contribution is -0.117. The summed E-state index contributed by atoms with van der Waals surface area (Å²) < 4.78 is 13.4. The summed E-state index contributed by atoms with van der Waals surface area (Å²) in [6.45, 7) is 6.52. The first-order chi connectivity index (χ1) is 15.3. The molecule has 32 heavy (non-hydrogen) atoms. The molecule has 1 unspecified atom stereocenters. The second-order valence-electron chi connectivity index (χ2n) is 8.13. The molecule has 1 atom stereocenters. The highest BCUT2D eigenvalue weighted by Crippen LogP contribution is 2.25. The zero-order valence-corrected chi connectivity index (χ0v) is 18.5. The quantitative estimate of drug-likeness (QED) is 0.451. The van der Waals surface area contributed by atoms with Gasteiger partial charge in [-0.25, -0.2) is 4.39 Å². The van der Waals surface area contributed by atoms with E-state index in [1.54, 1.807) is 36.4 Å². The van der Waals surface area contributed by atoms with E-state index < -0.39 is 6.04 Å². The molecule has 0 fully saturated rings. The van der Waals surface area contributed by atoms with E-state index in [2.05, 4.69) is 16.0 Å². The molecule has 3 aromatic carbocycles. The Balaban J connectivity index is 1.94. The number of amides is 2. The van der Waals surface area contributed by atoms with Gasteiger partial charge >= 0.3 is 0 Å². The number of hydrogen-bond acceptors (Lipinski definition) is 3. The summed E-state index contributed by atoms with van der Waals surface area (Å²) in [4.78, 5) is 26.2. The average molecular weight is 434 g/mol. The van der Waals surface area contributed by atoms with E-state index in [-0.39, 0.29) is 17.6 Å². The van der Waals surface area contributed by atoms with Crippen LogP contribution in [0.1, 0.15) is 41.4 Å². The van der Waals surface area contributed by atoms with Gasteiger partial charge in [0.15, 0.2) is 0 Å². The predicted octanol–water partition coefficient (Wildman–Crippen LogP) is 5.31. The van der Waals surface area contributed by atoms with Gasteiger partial charge in [0.05, 0.1) is 0 Å². The van der Waals surface area contributed by atoms with Gasteiger partial charge in [-0.05, 0) is 60.9 Å². The highest BCUT2D eigenvalue weighted by molar-refractivity contribution is 6.02. The molecule has 3 N–H and O–H groups in total. The summed E-state index contributed by atoms with van der Waals surface area (Å²) in [5.41, 5.74) is 3.23. The van der Waals surface area contributed by atoms with Crippen molar-refractivity contribution in [2.45, 2.75) is 26.8 Å². The third-order valence-corrected chi connectivity index (χ3v) is 4.92. The van der Waals surface area contributed by atoms with Crippen molar-refractivity contribution in [2.75, 3.05) is 17.2 Å². The van der Waals surface area contributed by atoms with Gasteiger partial charge < -0.3 is 16.0 Å². The molecule has 3 aromatic rings. The van der Waals surface area contributed by atoms with E-state index in [1.165, 1.54) is 12.1 Å². The molecule has 0 aromatic heterocycles. The highest BCUT2D eigenvalue weighted by atomic mass is 19.1. The molecule has 0 saturated heterocycles. The Morgan fingerprint density at radius 1 is 0.875 bits per heavy atom. The second-order valence-corrected chi connectivity index (χ2v) is 8.13. The van der Waals surface area contributed by atoms with Crippen LogP contribution >= 0.6 is 0 Å². The molecule has 0 aliphatic rings. The van der Waals surface area contributed by atoms with Crippen molar-refractivity contribution in [3.63, 3.8) is 0 Å². The Morgan fingerprint density at radius 3 is 2.16 bits per heavy atom. The zero-order chi connectivity index (χ0) is 23.1. The van der Waals surface area contributed by atoms with Crippen LogP contribution < -0.4 is 16.0 Å². The Kier molecular flexibility index (Phi) is 7.60. The van der Waals surface area contributed by atoms with E-state index >= 15 is 0 Å². The largest absolute Gasteiger partial charge is 0.370 e. The van der Waals surface area contributed by atoms with Gasteiger partial charge in [-0.2, -0.15) is 0 Å². The fraction of sp³-hybridized carbons (Fsp3) is 0.231. The lowest BCUT2D eigenvalue weighted by Gasteiger charge is -2.22. The molecule has 2 amide bonds. The van der Waals surface area contributed by atoms with Crippen molar-refractivity contribution in [3.05, 3.63) is 95.3 Å². The molecule has 0 saturated carbocycles. The number of aryl methyl sites for hydroxylation is 1. The highest BCUT2D eigenvalue weighted by Gasteiger charge is 2.26. The van der Waals surface area contributed by atoms with Crippen molar-refractivity contribution in [1.82, 2.24) is 5.32 Å². The number of benzene rings is 3. The van der Waals surface area contributed by atoms with Crippen molar-refractivity contribution in [1.29, 1.82) is 0 Å². The maximum absolute atomic E-state index is 13.4. The Labute approximate surface area is 188 Å². The molecule has 3 rings (SSSR count). The van der Waals surface area contributed by atoms with Crippen LogP contribution in [0, 0.1) is 18.7 Å². The SMILES string of the molecule is Cc1ccc(NC(=O)C(Nc2ccc(F)cc2)c2ccccc2C(=O)NCC(C)C)cc1. The summed E-state index contributed by atoms with van der Waals surface area (Å²) >= 11 is 0. The number of carbonyl (C=O) groups is 2. The summed E-state index contributed by atoms with van der Waals surface area (Å²) in [5.74, 6) is -0.653. The maximum Gasteiger partial charge on any atom is 0.251 e. The lowest BCUT2D eigenvalue weighted by atomic mass is 9.98. The van der Waals surface area contributed by atoms with Crippen molar-refractivity contribution >= 4 is 23.2 Å². The van der Waals surface area contributed by atoms with Gasteiger partial charge in [-0.3, -0.25) is 9.59 Å². The van der Waals surface area contributed by atoms with E-state index in [0.717, 1.165) is 5.56 Å². The van der Waals surface area contributed by atoms with Crippen molar-refractivity contribution in [2.24, 2.45) is 5.92 Å². The summed E-state index contributed by atoms with van der Waals surface area (Å²) in [6, 6.07) is 19.3. The van der Waals surface area contributed by atoms with Crippen LogP contribution in [0.4, 0.5) is 15.8 Å². The summed E-state index contributed by atoms with van der Waals surface area (Å²) in [5, 5.41) is 8.98.